The molecule has 1 fully saturated rings. The van der Waals surface area contributed by atoms with Crippen molar-refractivity contribution in [2.24, 2.45) is 11.7 Å². The second-order valence-electron chi connectivity index (χ2n) is 6.11. The van der Waals surface area contributed by atoms with Crippen LogP contribution < -0.4 is 11.1 Å². The molecule has 2 amide bonds. The third-order valence-electron chi connectivity index (χ3n) is 4.28. The van der Waals surface area contributed by atoms with Gasteiger partial charge in [-0.3, -0.25) is 9.59 Å². The number of carbonyl (C=O) groups is 2. The summed E-state index contributed by atoms with van der Waals surface area (Å²) in [5.74, 6) is -0.881. The van der Waals surface area contributed by atoms with Crippen LogP contribution >= 0.6 is 24.0 Å². The summed E-state index contributed by atoms with van der Waals surface area (Å²) < 4.78 is 13.1. The summed E-state index contributed by atoms with van der Waals surface area (Å²) in [5.41, 5.74) is 6.34. The molecule has 2 rings (SSSR count). The van der Waals surface area contributed by atoms with Crippen molar-refractivity contribution in [3.63, 3.8) is 0 Å². The second-order valence-corrected chi connectivity index (χ2v) is 6.52. The Morgan fingerprint density at radius 1 is 1.40 bits per heavy atom. The maximum Gasteiger partial charge on any atom is 0.239 e. The number of rotatable bonds is 5. The first kappa shape index (κ1) is 21.7. The van der Waals surface area contributed by atoms with Crippen LogP contribution in [0.4, 0.5) is 10.1 Å². The molecule has 1 aromatic rings. The molecule has 1 aromatic carbocycles. The molecule has 1 heterocycles. The smallest absolute Gasteiger partial charge is 0.239 e. The molecule has 1 aliphatic heterocycles. The molecule has 1 unspecified atom stereocenters. The number of halogens is 3. The topological polar surface area (TPSA) is 75.4 Å². The maximum absolute atomic E-state index is 13.1. The van der Waals surface area contributed by atoms with Gasteiger partial charge in [-0.05, 0) is 37.5 Å². The Hall–Kier alpha value is -1.37. The SMILES string of the molecule is CCCC(N)C(=O)N1CCC(C(=O)Nc2ccc(F)c(Cl)c2)CC1.Cl. The van der Waals surface area contributed by atoms with Crippen LogP contribution in [0, 0.1) is 11.7 Å². The van der Waals surface area contributed by atoms with Gasteiger partial charge in [0.2, 0.25) is 11.8 Å². The number of hydrogen-bond donors (Lipinski definition) is 2. The van der Waals surface area contributed by atoms with Gasteiger partial charge >= 0.3 is 0 Å². The molecule has 1 aliphatic rings. The van der Waals surface area contributed by atoms with Gasteiger partial charge in [0.05, 0.1) is 11.1 Å². The van der Waals surface area contributed by atoms with Crippen LogP contribution in [-0.2, 0) is 9.59 Å². The van der Waals surface area contributed by atoms with E-state index >= 15 is 0 Å². The second kappa shape index (κ2) is 9.94. The molecular weight excluding hydrogens is 368 g/mol. The average molecular weight is 392 g/mol. The maximum atomic E-state index is 13.1. The van der Waals surface area contributed by atoms with Crippen molar-refractivity contribution < 1.29 is 14.0 Å². The van der Waals surface area contributed by atoms with E-state index in [1.54, 1.807) is 4.90 Å². The summed E-state index contributed by atoms with van der Waals surface area (Å²) in [4.78, 5) is 26.2. The highest BCUT2D eigenvalue weighted by atomic mass is 35.5. The Kier molecular flexibility index (Phi) is 8.62. The highest BCUT2D eigenvalue weighted by molar-refractivity contribution is 6.31. The normalized spacial score (nSPS) is 16.1. The van der Waals surface area contributed by atoms with Crippen LogP contribution in [0.2, 0.25) is 5.02 Å². The van der Waals surface area contributed by atoms with Gasteiger partial charge in [0.25, 0.3) is 0 Å². The predicted octanol–water partition coefficient (Wildman–Crippen LogP) is 3.21. The van der Waals surface area contributed by atoms with Crippen LogP contribution in [0.25, 0.3) is 0 Å². The quantitative estimate of drug-likeness (QED) is 0.808. The van der Waals surface area contributed by atoms with Gasteiger partial charge in [-0.2, -0.15) is 0 Å². The van der Waals surface area contributed by atoms with Crippen molar-refractivity contribution in [2.75, 3.05) is 18.4 Å². The van der Waals surface area contributed by atoms with E-state index in [1.165, 1.54) is 18.2 Å². The monoisotopic (exact) mass is 391 g/mol. The van der Waals surface area contributed by atoms with Crippen molar-refractivity contribution in [1.29, 1.82) is 0 Å². The van der Waals surface area contributed by atoms with Gasteiger partial charge in [-0.25, -0.2) is 4.39 Å². The molecule has 5 nitrogen and oxygen atoms in total. The number of nitrogens with one attached hydrogen (secondary N) is 1. The van der Waals surface area contributed by atoms with Gasteiger partial charge in [0.15, 0.2) is 0 Å². The Balaban J connectivity index is 0.00000312. The van der Waals surface area contributed by atoms with E-state index in [-0.39, 0.29) is 35.2 Å². The summed E-state index contributed by atoms with van der Waals surface area (Å²) in [6.45, 7) is 3.04. The van der Waals surface area contributed by atoms with Crippen molar-refractivity contribution in [3.8, 4) is 0 Å². The van der Waals surface area contributed by atoms with Gasteiger partial charge in [-0.15, -0.1) is 12.4 Å². The van der Waals surface area contributed by atoms with E-state index in [0.717, 1.165) is 6.42 Å². The summed E-state index contributed by atoms with van der Waals surface area (Å²) >= 11 is 5.71. The predicted molar refractivity (Wildman–Crippen MR) is 99.5 cm³/mol. The molecule has 1 saturated heterocycles. The molecule has 140 valence electrons. The van der Waals surface area contributed by atoms with E-state index in [9.17, 15) is 14.0 Å². The number of amides is 2. The van der Waals surface area contributed by atoms with E-state index < -0.39 is 11.9 Å². The Morgan fingerprint density at radius 3 is 2.60 bits per heavy atom. The summed E-state index contributed by atoms with van der Waals surface area (Å²) in [6.07, 6.45) is 2.72. The molecule has 0 bridgehead atoms. The molecular formula is C17H24Cl2FN3O2. The molecule has 25 heavy (non-hydrogen) atoms. The summed E-state index contributed by atoms with van der Waals surface area (Å²) in [5, 5.41) is 2.72. The lowest BCUT2D eigenvalue weighted by atomic mass is 9.95. The van der Waals surface area contributed by atoms with E-state index in [4.69, 9.17) is 17.3 Å². The van der Waals surface area contributed by atoms with Crippen LogP contribution in [0.1, 0.15) is 32.6 Å². The van der Waals surface area contributed by atoms with Gasteiger partial charge in [0, 0.05) is 24.7 Å². The van der Waals surface area contributed by atoms with Crippen LogP contribution in [0.15, 0.2) is 18.2 Å². The van der Waals surface area contributed by atoms with Crippen LogP contribution in [0.5, 0.6) is 0 Å². The molecule has 0 radical (unpaired) electrons. The minimum Gasteiger partial charge on any atom is -0.341 e. The fourth-order valence-electron chi connectivity index (χ4n) is 2.85. The first-order valence-electron chi connectivity index (χ1n) is 8.22. The minimum absolute atomic E-state index is 0. The zero-order chi connectivity index (χ0) is 17.7. The lowest BCUT2D eigenvalue weighted by molar-refractivity contribution is -0.135. The summed E-state index contributed by atoms with van der Waals surface area (Å²) in [6, 6.07) is 3.62. The Morgan fingerprint density at radius 2 is 2.04 bits per heavy atom. The number of piperidine rings is 1. The number of hydrogen-bond acceptors (Lipinski definition) is 3. The first-order chi connectivity index (χ1) is 11.4. The standard InChI is InChI=1S/C17H23ClFN3O2.ClH/c1-2-3-15(20)17(24)22-8-6-11(7-9-22)16(23)21-12-4-5-14(19)13(18)10-12;/h4-5,10-11,15H,2-3,6-9,20H2,1H3,(H,21,23);1H. The number of nitrogens with two attached hydrogens (primary N) is 1. The van der Waals surface area contributed by atoms with Crippen molar-refractivity contribution in [2.45, 2.75) is 38.6 Å². The number of anilines is 1. The van der Waals surface area contributed by atoms with Gasteiger partial charge < -0.3 is 16.0 Å². The summed E-state index contributed by atoms with van der Waals surface area (Å²) in [7, 11) is 0. The Labute approximate surface area is 158 Å². The van der Waals surface area contributed by atoms with Crippen molar-refractivity contribution in [1.82, 2.24) is 4.90 Å². The number of carbonyl (C=O) groups excluding carboxylic acids is 2. The zero-order valence-corrected chi connectivity index (χ0v) is 15.7. The van der Waals surface area contributed by atoms with E-state index in [1.807, 2.05) is 6.92 Å². The Bertz CT molecular complexity index is 608. The largest absolute Gasteiger partial charge is 0.341 e. The van der Waals surface area contributed by atoms with Gasteiger partial charge in [-0.1, -0.05) is 24.9 Å². The first-order valence-corrected chi connectivity index (χ1v) is 8.60. The third-order valence-corrected chi connectivity index (χ3v) is 4.57. The van der Waals surface area contributed by atoms with E-state index in [0.29, 0.717) is 38.0 Å². The lowest BCUT2D eigenvalue weighted by Crippen LogP contribution is -2.48. The van der Waals surface area contributed by atoms with Crippen molar-refractivity contribution in [3.05, 3.63) is 29.0 Å². The fourth-order valence-corrected chi connectivity index (χ4v) is 3.03. The fraction of sp³-hybridized carbons (Fsp3) is 0.529. The van der Waals surface area contributed by atoms with E-state index in [2.05, 4.69) is 5.32 Å². The zero-order valence-electron chi connectivity index (χ0n) is 14.1. The number of benzene rings is 1. The molecule has 0 saturated carbocycles. The third kappa shape index (κ3) is 5.83. The molecule has 0 spiro atoms. The van der Waals surface area contributed by atoms with Gasteiger partial charge in [0.1, 0.15) is 5.82 Å². The van der Waals surface area contributed by atoms with Crippen molar-refractivity contribution >= 4 is 41.5 Å². The highest BCUT2D eigenvalue weighted by Crippen LogP contribution is 2.23. The molecule has 1 atom stereocenters. The molecule has 3 N–H and O–H groups in total. The lowest BCUT2D eigenvalue weighted by Gasteiger charge is -2.33. The number of nitrogens with zero attached hydrogens (tertiary/aromatic N) is 1. The minimum atomic E-state index is -0.523. The molecule has 0 aliphatic carbocycles. The average Bonchev–Trinajstić information content (AvgIpc) is 2.58. The van der Waals surface area contributed by atoms with Crippen LogP contribution in [-0.4, -0.2) is 35.8 Å². The molecule has 0 aromatic heterocycles. The van der Waals surface area contributed by atoms with Crippen LogP contribution in [0.3, 0.4) is 0 Å². The number of likely N-dealkylation sites (tertiary alicyclic amines) is 1. The highest BCUT2D eigenvalue weighted by Gasteiger charge is 2.29. The molecule has 8 heteroatoms.